The van der Waals surface area contributed by atoms with Gasteiger partial charge in [-0.2, -0.15) is 0 Å². The number of carbonyl (C=O) groups excluding carboxylic acids is 3. The number of allylic oxidation sites excluding steroid dienone is 2. The van der Waals surface area contributed by atoms with Gasteiger partial charge in [-0.05, 0) is 30.3 Å². The first-order valence-corrected chi connectivity index (χ1v) is 10.4. The summed E-state index contributed by atoms with van der Waals surface area (Å²) in [5.74, 6) is -2.32. The molecular weight excluding hydrogens is 440 g/mol. The van der Waals surface area contributed by atoms with Gasteiger partial charge in [0.2, 0.25) is 0 Å². The molecule has 1 N–H and O–H groups in total. The van der Waals surface area contributed by atoms with Crippen molar-refractivity contribution in [3.8, 4) is 0 Å². The van der Waals surface area contributed by atoms with E-state index in [0.717, 1.165) is 0 Å². The second kappa shape index (κ2) is 11.7. The molecule has 1 heterocycles. The number of benzene rings is 2. The van der Waals surface area contributed by atoms with E-state index in [9.17, 15) is 19.5 Å². The SMILES string of the molecule is C=C/C=C(\C=C)C(=O)O[C@H]1C(O)OC[C@@H](OC(=O)c2ccccc2)[C@@H]1OC(=O)c1ccccc1. The molecule has 0 bridgehead atoms. The summed E-state index contributed by atoms with van der Waals surface area (Å²) in [7, 11) is 0. The Morgan fingerprint density at radius 1 is 0.853 bits per heavy atom. The highest BCUT2D eigenvalue weighted by Gasteiger charge is 2.47. The Morgan fingerprint density at radius 2 is 1.41 bits per heavy atom. The number of aliphatic hydroxyl groups excluding tert-OH is 1. The van der Waals surface area contributed by atoms with Gasteiger partial charge in [0.15, 0.2) is 24.6 Å². The minimum absolute atomic E-state index is 0.0544. The number of aliphatic hydroxyl groups is 1. The molecule has 1 saturated heterocycles. The van der Waals surface area contributed by atoms with Crippen LogP contribution in [0.1, 0.15) is 20.7 Å². The normalized spacial score (nSPS) is 22.2. The van der Waals surface area contributed by atoms with Gasteiger partial charge < -0.3 is 24.1 Å². The molecule has 2 aromatic carbocycles. The molecule has 1 fully saturated rings. The first-order valence-electron chi connectivity index (χ1n) is 10.4. The third-order valence-corrected chi connectivity index (χ3v) is 4.92. The predicted octanol–water partition coefficient (Wildman–Crippen LogP) is 3.00. The van der Waals surface area contributed by atoms with Crippen molar-refractivity contribution >= 4 is 17.9 Å². The topological polar surface area (TPSA) is 108 Å². The summed E-state index contributed by atoms with van der Waals surface area (Å²) in [6.07, 6.45) is -1.68. The van der Waals surface area contributed by atoms with Crippen molar-refractivity contribution < 1.29 is 38.4 Å². The maximum Gasteiger partial charge on any atom is 0.338 e. The lowest BCUT2D eigenvalue weighted by Crippen LogP contribution is -2.57. The van der Waals surface area contributed by atoms with Crippen LogP contribution in [0, 0.1) is 0 Å². The molecule has 1 aliphatic heterocycles. The molecule has 0 radical (unpaired) electrons. The number of ether oxygens (including phenoxy) is 4. The van der Waals surface area contributed by atoms with Crippen LogP contribution in [-0.2, 0) is 23.7 Å². The number of esters is 3. The molecule has 0 aromatic heterocycles. The van der Waals surface area contributed by atoms with E-state index in [0.29, 0.717) is 0 Å². The molecule has 2 aromatic rings. The van der Waals surface area contributed by atoms with Gasteiger partial charge in [0.05, 0.1) is 23.3 Å². The van der Waals surface area contributed by atoms with Gasteiger partial charge in [-0.25, -0.2) is 14.4 Å². The second-order valence-corrected chi connectivity index (χ2v) is 7.20. The molecule has 0 aliphatic carbocycles. The standard InChI is InChI=1S/C26H24O8/c1-3-11-17(4-2)23(27)34-22-21(33-25(29)19-14-9-6-10-15-19)20(16-31-26(22)30)32-24(28)18-12-7-5-8-13-18/h3-15,20-22,26,30H,1-2,16H2/b17-11+/t20-,21+,22-,26?/m1/s1. The van der Waals surface area contributed by atoms with E-state index >= 15 is 0 Å². The van der Waals surface area contributed by atoms with Crippen LogP contribution in [0.2, 0.25) is 0 Å². The lowest BCUT2D eigenvalue weighted by molar-refractivity contribution is -0.258. The number of hydrogen-bond donors (Lipinski definition) is 1. The third-order valence-electron chi connectivity index (χ3n) is 4.92. The smallest absolute Gasteiger partial charge is 0.338 e. The summed E-state index contributed by atoms with van der Waals surface area (Å²) >= 11 is 0. The summed E-state index contributed by atoms with van der Waals surface area (Å²) in [6, 6.07) is 16.3. The van der Waals surface area contributed by atoms with Crippen LogP contribution in [0.25, 0.3) is 0 Å². The largest absolute Gasteiger partial charge is 0.452 e. The molecule has 1 unspecified atom stereocenters. The van der Waals surface area contributed by atoms with Crippen LogP contribution < -0.4 is 0 Å². The van der Waals surface area contributed by atoms with Gasteiger partial charge in [-0.3, -0.25) is 0 Å². The molecule has 176 valence electrons. The third kappa shape index (κ3) is 6.06. The van der Waals surface area contributed by atoms with Crippen LogP contribution in [0.3, 0.4) is 0 Å². The maximum atomic E-state index is 12.8. The van der Waals surface area contributed by atoms with Crippen LogP contribution in [0.5, 0.6) is 0 Å². The molecule has 4 atom stereocenters. The summed E-state index contributed by atoms with van der Waals surface area (Å²) in [5, 5.41) is 10.4. The first-order chi connectivity index (χ1) is 16.4. The fourth-order valence-electron chi connectivity index (χ4n) is 3.21. The van der Waals surface area contributed by atoms with Gasteiger partial charge in [0.25, 0.3) is 0 Å². The van der Waals surface area contributed by atoms with E-state index in [1.54, 1.807) is 48.5 Å². The van der Waals surface area contributed by atoms with E-state index in [4.69, 9.17) is 18.9 Å². The molecule has 0 amide bonds. The molecule has 1 aliphatic rings. The number of carbonyl (C=O) groups is 3. The molecule has 34 heavy (non-hydrogen) atoms. The van der Waals surface area contributed by atoms with Crippen molar-refractivity contribution in [2.45, 2.75) is 24.6 Å². The fourth-order valence-corrected chi connectivity index (χ4v) is 3.21. The quantitative estimate of drug-likeness (QED) is 0.275. The summed E-state index contributed by atoms with van der Waals surface area (Å²) in [4.78, 5) is 38.0. The monoisotopic (exact) mass is 464 g/mol. The highest BCUT2D eigenvalue weighted by atomic mass is 16.7. The molecule has 3 rings (SSSR count). The van der Waals surface area contributed by atoms with Gasteiger partial charge in [0, 0.05) is 0 Å². The van der Waals surface area contributed by atoms with Crippen molar-refractivity contribution in [2.24, 2.45) is 0 Å². The average Bonchev–Trinajstić information content (AvgIpc) is 2.87. The molecule has 0 saturated carbocycles. The Labute approximate surface area is 196 Å². The Kier molecular flexibility index (Phi) is 8.50. The van der Waals surface area contributed by atoms with Crippen molar-refractivity contribution in [2.75, 3.05) is 6.61 Å². The van der Waals surface area contributed by atoms with E-state index in [1.807, 2.05) is 0 Å². The highest BCUT2D eigenvalue weighted by Crippen LogP contribution is 2.25. The van der Waals surface area contributed by atoms with E-state index in [1.165, 1.54) is 30.4 Å². The summed E-state index contributed by atoms with van der Waals surface area (Å²) in [5.41, 5.74) is 0.539. The fraction of sp³-hybridized carbons (Fsp3) is 0.192. The number of hydrogen-bond acceptors (Lipinski definition) is 8. The van der Waals surface area contributed by atoms with Crippen LogP contribution in [0.4, 0.5) is 0 Å². The minimum Gasteiger partial charge on any atom is -0.452 e. The molecule has 0 spiro atoms. The summed E-state index contributed by atoms with van der Waals surface area (Å²) in [6.45, 7) is 6.77. The van der Waals surface area contributed by atoms with Crippen molar-refractivity contribution in [1.29, 1.82) is 0 Å². The first kappa shape index (κ1) is 24.6. The van der Waals surface area contributed by atoms with Crippen molar-refractivity contribution in [3.63, 3.8) is 0 Å². The molecular formula is C26H24O8. The van der Waals surface area contributed by atoms with Gasteiger partial charge in [-0.1, -0.05) is 61.7 Å². The molecule has 8 nitrogen and oxygen atoms in total. The lowest BCUT2D eigenvalue weighted by atomic mass is 10.0. The predicted molar refractivity (Wildman–Crippen MR) is 122 cm³/mol. The zero-order chi connectivity index (χ0) is 24.5. The Morgan fingerprint density at radius 3 is 1.94 bits per heavy atom. The van der Waals surface area contributed by atoms with Crippen LogP contribution in [-0.4, -0.2) is 54.2 Å². The zero-order valence-electron chi connectivity index (χ0n) is 18.2. The van der Waals surface area contributed by atoms with Crippen molar-refractivity contribution in [3.05, 3.63) is 109 Å². The second-order valence-electron chi connectivity index (χ2n) is 7.20. The van der Waals surface area contributed by atoms with Crippen LogP contribution in [0.15, 0.2) is 97.6 Å². The Bertz CT molecular complexity index is 1060. The Hall–Kier alpha value is -4.01. The Balaban J connectivity index is 1.88. The van der Waals surface area contributed by atoms with Crippen molar-refractivity contribution in [1.82, 2.24) is 0 Å². The highest BCUT2D eigenvalue weighted by molar-refractivity contribution is 5.92. The van der Waals surface area contributed by atoms with Gasteiger partial charge >= 0.3 is 17.9 Å². The zero-order valence-corrected chi connectivity index (χ0v) is 18.2. The van der Waals surface area contributed by atoms with Gasteiger partial charge in [-0.15, -0.1) is 0 Å². The van der Waals surface area contributed by atoms with E-state index < -0.39 is 42.5 Å². The molecule has 8 heteroatoms. The minimum atomic E-state index is -1.64. The van der Waals surface area contributed by atoms with Gasteiger partial charge in [0.1, 0.15) is 0 Å². The maximum absolute atomic E-state index is 12.8. The summed E-state index contributed by atoms with van der Waals surface area (Å²) < 4.78 is 21.8. The van der Waals surface area contributed by atoms with Crippen LogP contribution >= 0.6 is 0 Å². The lowest BCUT2D eigenvalue weighted by Gasteiger charge is -2.38. The van der Waals surface area contributed by atoms with E-state index in [2.05, 4.69) is 13.2 Å². The average molecular weight is 464 g/mol. The van der Waals surface area contributed by atoms with E-state index in [-0.39, 0.29) is 23.3 Å². The number of rotatable bonds is 8.